The van der Waals surface area contributed by atoms with Crippen LogP contribution in [0.2, 0.25) is 0 Å². The first kappa shape index (κ1) is 29.3. The normalized spacial score (nSPS) is 14.6. The molecule has 0 radical (unpaired) electrons. The lowest BCUT2D eigenvalue weighted by Crippen LogP contribution is -2.21. The van der Waals surface area contributed by atoms with E-state index >= 15 is 0 Å². The fourth-order valence-corrected chi connectivity index (χ4v) is 5.26. The molecule has 0 bridgehead atoms. The molecule has 0 N–H and O–H groups in total. The summed E-state index contributed by atoms with van der Waals surface area (Å²) in [5, 5.41) is 0.735. The van der Waals surface area contributed by atoms with Crippen LogP contribution in [0.15, 0.2) is 18.2 Å². The highest BCUT2D eigenvalue weighted by Gasteiger charge is 2.35. The predicted octanol–water partition coefficient (Wildman–Crippen LogP) is 8.53. The van der Waals surface area contributed by atoms with E-state index in [0.717, 1.165) is 81.5 Å². The van der Waals surface area contributed by atoms with Crippen molar-refractivity contribution in [2.45, 2.75) is 96.3 Å². The molecular weight excluding hydrogens is 503 g/mol. The van der Waals surface area contributed by atoms with Gasteiger partial charge in [0.05, 0.1) is 18.7 Å². The van der Waals surface area contributed by atoms with Crippen molar-refractivity contribution >= 4 is 29.1 Å². The van der Waals surface area contributed by atoms with Crippen LogP contribution in [0.4, 0.5) is 13.2 Å². The Balaban J connectivity index is 1.62. The van der Waals surface area contributed by atoms with Crippen molar-refractivity contribution in [3.63, 3.8) is 0 Å². The molecule has 1 aliphatic carbocycles. The number of carbonyl (C=O) groups excluding carboxylic acids is 1. The van der Waals surface area contributed by atoms with Crippen molar-refractivity contribution in [3.8, 4) is 11.5 Å². The van der Waals surface area contributed by atoms with Crippen LogP contribution in [0, 0.1) is 4.64 Å². The minimum absolute atomic E-state index is 0.0121. The molecule has 206 valence electrons. The average Bonchev–Trinajstić information content (AvgIpc) is 2.88. The minimum atomic E-state index is -4.80. The zero-order valence-corrected chi connectivity index (χ0v) is 22.6. The number of alkyl halides is 3. The van der Waals surface area contributed by atoms with Crippen molar-refractivity contribution in [2.75, 3.05) is 13.2 Å². The Morgan fingerprint density at radius 3 is 2.32 bits per heavy atom. The van der Waals surface area contributed by atoms with Gasteiger partial charge in [-0.05, 0) is 43.7 Å². The molecule has 1 saturated carbocycles. The summed E-state index contributed by atoms with van der Waals surface area (Å²) in [4.78, 5) is 11.1. The van der Waals surface area contributed by atoms with Crippen LogP contribution >= 0.6 is 12.2 Å². The molecule has 1 fully saturated rings. The van der Waals surface area contributed by atoms with Crippen LogP contribution in [0.25, 0.3) is 10.9 Å². The van der Waals surface area contributed by atoms with Gasteiger partial charge in [0.15, 0.2) is 5.75 Å². The van der Waals surface area contributed by atoms with Gasteiger partial charge in [0.25, 0.3) is 0 Å². The molecule has 0 amide bonds. The topological polar surface area (TPSA) is 49.7 Å². The standard InChI is InChI=1S/C28H38F3NO4S/c1-3-24(33)35-18-12-7-5-4-6-11-17-34-21-15-16-22-23(19-21)32(2)27(37)26(36-28(29,30)31)25(22)20-13-9-8-10-14-20/h15-16,19-20H,3-14,17-18H2,1-2H3. The van der Waals surface area contributed by atoms with E-state index in [0.29, 0.717) is 30.9 Å². The van der Waals surface area contributed by atoms with Crippen LogP contribution < -0.4 is 9.47 Å². The Morgan fingerprint density at radius 1 is 1.03 bits per heavy atom. The van der Waals surface area contributed by atoms with Crippen molar-refractivity contribution in [2.24, 2.45) is 7.05 Å². The monoisotopic (exact) mass is 541 g/mol. The molecular formula is C28H38F3NO4S. The Hall–Kier alpha value is -2.29. The van der Waals surface area contributed by atoms with Gasteiger partial charge >= 0.3 is 12.3 Å². The van der Waals surface area contributed by atoms with Gasteiger partial charge in [0.1, 0.15) is 10.4 Å². The molecule has 37 heavy (non-hydrogen) atoms. The molecule has 5 nitrogen and oxygen atoms in total. The highest BCUT2D eigenvalue weighted by atomic mass is 32.1. The third-order valence-corrected chi connectivity index (χ3v) is 7.41. The Bertz CT molecular complexity index is 1090. The number of nitrogens with zero attached hydrogens (tertiary/aromatic N) is 1. The first-order chi connectivity index (χ1) is 17.7. The number of aromatic nitrogens is 1. The van der Waals surface area contributed by atoms with E-state index in [1.807, 2.05) is 18.2 Å². The molecule has 1 aliphatic rings. The predicted molar refractivity (Wildman–Crippen MR) is 141 cm³/mol. The lowest BCUT2D eigenvalue weighted by Gasteiger charge is -2.27. The van der Waals surface area contributed by atoms with Crippen molar-refractivity contribution in [3.05, 3.63) is 28.4 Å². The van der Waals surface area contributed by atoms with E-state index < -0.39 is 6.36 Å². The number of ether oxygens (including phenoxy) is 3. The summed E-state index contributed by atoms with van der Waals surface area (Å²) in [7, 11) is 1.67. The molecule has 0 aliphatic heterocycles. The summed E-state index contributed by atoms with van der Waals surface area (Å²) >= 11 is 5.45. The van der Waals surface area contributed by atoms with E-state index in [1.165, 1.54) is 0 Å². The van der Waals surface area contributed by atoms with E-state index in [4.69, 9.17) is 21.7 Å². The Kier molecular flexibility index (Phi) is 11.1. The Labute approximate surface area is 222 Å². The van der Waals surface area contributed by atoms with Crippen LogP contribution in [-0.4, -0.2) is 30.1 Å². The maximum atomic E-state index is 13.3. The smallest absolute Gasteiger partial charge is 0.494 e. The third kappa shape index (κ3) is 8.62. The van der Waals surface area contributed by atoms with Crippen molar-refractivity contribution < 1.29 is 32.2 Å². The maximum absolute atomic E-state index is 13.3. The zero-order valence-electron chi connectivity index (χ0n) is 21.8. The number of carbonyl (C=O) groups is 1. The lowest BCUT2D eigenvalue weighted by molar-refractivity contribution is -0.275. The first-order valence-electron chi connectivity index (χ1n) is 13.4. The third-order valence-electron chi connectivity index (χ3n) is 6.95. The summed E-state index contributed by atoms with van der Waals surface area (Å²) in [5.41, 5.74) is 1.33. The van der Waals surface area contributed by atoms with E-state index in [1.54, 1.807) is 18.5 Å². The summed E-state index contributed by atoms with van der Waals surface area (Å²) in [6.07, 6.45) is 6.38. The molecule has 1 aromatic carbocycles. The summed E-state index contributed by atoms with van der Waals surface area (Å²) in [5.74, 6) is 0.279. The van der Waals surface area contributed by atoms with Crippen molar-refractivity contribution in [1.82, 2.24) is 4.57 Å². The second-order valence-electron chi connectivity index (χ2n) is 9.71. The SMILES string of the molecule is CCC(=O)OCCCCCCCCOc1ccc2c(C3CCCCC3)c(OC(F)(F)F)c(=S)n(C)c2c1. The number of rotatable bonds is 13. The number of pyridine rings is 1. The largest absolute Gasteiger partial charge is 0.573 e. The average molecular weight is 542 g/mol. The van der Waals surface area contributed by atoms with Crippen molar-refractivity contribution in [1.29, 1.82) is 0 Å². The number of benzene rings is 1. The highest BCUT2D eigenvalue weighted by Crippen LogP contribution is 2.44. The number of esters is 1. The first-order valence-corrected chi connectivity index (χ1v) is 13.8. The van der Waals surface area contributed by atoms with E-state index in [-0.39, 0.29) is 22.3 Å². The molecule has 2 aromatic rings. The summed E-state index contributed by atoms with van der Waals surface area (Å²) in [6, 6.07) is 5.54. The fourth-order valence-electron chi connectivity index (χ4n) is 5.01. The fraction of sp³-hybridized carbons (Fsp3) is 0.643. The van der Waals surface area contributed by atoms with E-state index in [2.05, 4.69) is 4.74 Å². The second kappa shape index (κ2) is 14.0. The zero-order chi connectivity index (χ0) is 26.8. The molecule has 1 aromatic heterocycles. The van der Waals surface area contributed by atoms with Crippen LogP contribution in [0.5, 0.6) is 11.5 Å². The Morgan fingerprint density at radius 2 is 1.68 bits per heavy atom. The number of unbranched alkanes of at least 4 members (excludes halogenated alkanes) is 5. The number of halogens is 3. The lowest BCUT2D eigenvalue weighted by atomic mass is 9.82. The van der Waals surface area contributed by atoms with Gasteiger partial charge in [-0.1, -0.05) is 64.1 Å². The van der Waals surface area contributed by atoms with Gasteiger partial charge in [-0.25, -0.2) is 0 Å². The molecule has 1 heterocycles. The molecule has 0 atom stereocenters. The van der Waals surface area contributed by atoms with Crippen LogP contribution in [0.1, 0.15) is 95.5 Å². The van der Waals surface area contributed by atoms with Gasteiger partial charge in [0.2, 0.25) is 0 Å². The number of hydrogen-bond donors (Lipinski definition) is 0. The van der Waals surface area contributed by atoms with Gasteiger partial charge in [-0.2, -0.15) is 0 Å². The highest BCUT2D eigenvalue weighted by molar-refractivity contribution is 7.71. The van der Waals surface area contributed by atoms with Gasteiger partial charge in [0, 0.05) is 30.5 Å². The van der Waals surface area contributed by atoms with E-state index in [9.17, 15) is 18.0 Å². The summed E-state index contributed by atoms with van der Waals surface area (Å²) < 4.78 is 57.1. The quantitative estimate of drug-likeness (QED) is 0.144. The minimum Gasteiger partial charge on any atom is -0.494 e. The van der Waals surface area contributed by atoms with Crippen LogP contribution in [-0.2, 0) is 16.6 Å². The summed E-state index contributed by atoms with van der Waals surface area (Å²) in [6.45, 7) is 2.85. The van der Waals surface area contributed by atoms with Gasteiger partial charge < -0.3 is 18.8 Å². The number of aryl methyl sites for hydroxylation is 1. The second-order valence-corrected chi connectivity index (χ2v) is 10.1. The van der Waals surface area contributed by atoms with Gasteiger partial charge in [-0.15, -0.1) is 13.2 Å². The molecule has 3 rings (SSSR count). The van der Waals surface area contributed by atoms with Gasteiger partial charge in [-0.3, -0.25) is 4.79 Å². The molecule has 0 unspecified atom stereocenters. The molecule has 9 heteroatoms. The molecule has 0 saturated heterocycles. The molecule has 0 spiro atoms. The van der Waals surface area contributed by atoms with Crippen LogP contribution in [0.3, 0.4) is 0 Å². The number of hydrogen-bond acceptors (Lipinski definition) is 5. The number of fused-ring (bicyclic) bond motifs is 1. The maximum Gasteiger partial charge on any atom is 0.573 e.